The summed E-state index contributed by atoms with van der Waals surface area (Å²) in [5.41, 5.74) is 2.39. The van der Waals surface area contributed by atoms with E-state index in [0.29, 0.717) is 0 Å². The van der Waals surface area contributed by atoms with Gasteiger partial charge in [-0.25, -0.2) is 0 Å². The first kappa shape index (κ1) is 12.1. The number of rotatable bonds is 5. The number of ether oxygens (including phenoxy) is 1. The van der Waals surface area contributed by atoms with Crippen molar-refractivity contribution in [3.8, 4) is 5.75 Å². The van der Waals surface area contributed by atoms with Crippen LogP contribution in [-0.4, -0.2) is 18.6 Å². The minimum atomic E-state index is 0.171. The van der Waals surface area contributed by atoms with Crippen LogP contribution in [0, 0.1) is 0 Å². The van der Waals surface area contributed by atoms with Gasteiger partial charge in [0.2, 0.25) is 0 Å². The molecule has 2 aromatic rings. The molecule has 3 nitrogen and oxygen atoms in total. The topological polar surface area (TPSA) is 34.2 Å². The van der Waals surface area contributed by atoms with E-state index in [1.165, 1.54) is 5.56 Å². The van der Waals surface area contributed by atoms with E-state index in [2.05, 4.69) is 34.1 Å². The summed E-state index contributed by atoms with van der Waals surface area (Å²) >= 11 is 1.71. The van der Waals surface area contributed by atoms with E-state index in [-0.39, 0.29) is 6.04 Å². The average Bonchev–Trinajstić information content (AvgIpc) is 2.89. The second kappa shape index (κ2) is 5.80. The molecule has 0 aliphatic carbocycles. The van der Waals surface area contributed by atoms with Crippen molar-refractivity contribution in [2.45, 2.75) is 13.0 Å². The number of nitrogens with zero attached hydrogens (tertiary/aromatic N) is 1. The summed E-state index contributed by atoms with van der Waals surface area (Å²) in [5, 5.41) is 7.73. The Hall–Kier alpha value is -1.39. The number of aromatic nitrogens is 1. The second-order valence-corrected chi connectivity index (χ2v) is 4.45. The lowest BCUT2D eigenvalue weighted by Crippen LogP contribution is -2.22. The molecule has 17 heavy (non-hydrogen) atoms. The summed E-state index contributed by atoms with van der Waals surface area (Å²) in [5.74, 6) is 0.824. The standard InChI is InChI=1S/C13H16N2OS/c1-3-15-13(10-5-7-17-9-10)11-4-6-14-8-12(11)16-2/h4-9,13,15H,3H2,1-2H3. The van der Waals surface area contributed by atoms with Crippen LogP contribution >= 0.6 is 11.3 Å². The monoisotopic (exact) mass is 248 g/mol. The van der Waals surface area contributed by atoms with Crippen molar-refractivity contribution in [2.75, 3.05) is 13.7 Å². The summed E-state index contributed by atoms with van der Waals surface area (Å²) in [4.78, 5) is 4.09. The van der Waals surface area contributed by atoms with E-state index in [1.54, 1.807) is 30.8 Å². The van der Waals surface area contributed by atoms with Crippen molar-refractivity contribution >= 4 is 11.3 Å². The predicted molar refractivity (Wildman–Crippen MR) is 70.6 cm³/mol. The third-order valence-electron chi connectivity index (χ3n) is 2.63. The van der Waals surface area contributed by atoms with Crippen molar-refractivity contribution in [2.24, 2.45) is 0 Å². The Balaban J connectivity index is 2.39. The van der Waals surface area contributed by atoms with E-state index < -0.39 is 0 Å². The molecule has 0 fully saturated rings. The van der Waals surface area contributed by atoms with Gasteiger partial charge < -0.3 is 10.1 Å². The highest BCUT2D eigenvalue weighted by Gasteiger charge is 2.17. The van der Waals surface area contributed by atoms with Crippen molar-refractivity contribution < 1.29 is 4.74 Å². The summed E-state index contributed by atoms with van der Waals surface area (Å²) in [6, 6.07) is 4.31. The van der Waals surface area contributed by atoms with Crippen molar-refractivity contribution in [3.05, 3.63) is 46.4 Å². The van der Waals surface area contributed by atoms with Gasteiger partial charge in [-0.1, -0.05) is 6.92 Å². The van der Waals surface area contributed by atoms with Crippen molar-refractivity contribution in [1.82, 2.24) is 10.3 Å². The molecule has 0 bridgehead atoms. The Kier molecular flexibility index (Phi) is 4.12. The number of hydrogen-bond donors (Lipinski definition) is 1. The minimum Gasteiger partial charge on any atom is -0.495 e. The molecule has 1 N–H and O–H groups in total. The fourth-order valence-electron chi connectivity index (χ4n) is 1.85. The lowest BCUT2D eigenvalue weighted by Gasteiger charge is -2.19. The third kappa shape index (κ3) is 2.65. The van der Waals surface area contributed by atoms with E-state index in [1.807, 2.05) is 6.07 Å². The van der Waals surface area contributed by atoms with Gasteiger partial charge in [0.05, 0.1) is 19.3 Å². The third-order valence-corrected chi connectivity index (χ3v) is 3.33. The minimum absolute atomic E-state index is 0.171. The molecule has 2 aromatic heterocycles. The van der Waals surface area contributed by atoms with Gasteiger partial charge in [-0.15, -0.1) is 0 Å². The molecule has 0 aliphatic heterocycles. The smallest absolute Gasteiger partial charge is 0.142 e. The number of pyridine rings is 1. The molecule has 1 unspecified atom stereocenters. The highest BCUT2D eigenvalue weighted by molar-refractivity contribution is 7.08. The van der Waals surface area contributed by atoms with Crippen LogP contribution in [0.1, 0.15) is 24.1 Å². The van der Waals surface area contributed by atoms with Crippen molar-refractivity contribution in [1.29, 1.82) is 0 Å². The van der Waals surface area contributed by atoms with Gasteiger partial charge in [-0.2, -0.15) is 11.3 Å². The molecule has 0 saturated carbocycles. The number of nitrogens with one attached hydrogen (secondary N) is 1. The van der Waals surface area contributed by atoms with Crippen LogP contribution < -0.4 is 10.1 Å². The molecule has 0 spiro atoms. The van der Waals surface area contributed by atoms with Crippen LogP contribution in [0.4, 0.5) is 0 Å². The summed E-state index contributed by atoms with van der Waals surface area (Å²) < 4.78 is 5.37. The maximum Gasteiger partial charge on any atom is 0.142 e. The first-order chi connectivity index (χ1) is 8.36. The zero-order valence-electron chi connectivity index (χ0n) is 10.0. The largest absolute Gasteiger partial charge is 0.495 e. The fraction of sp³-hybridized carbons (Fsp3) is 0.308. The highest BCUT2D eigenvalue weighted by Crippen LogP contribution is 2.30. The Morgan fingerprint density at radius 3 is 3.00 bits per heavy atom. The Labute approximate surface area is 105 Å². The average molecular weight is 248 g/mol. The zero-order valence-corrected chi connectivity index (χ0v) is 10.8. The van der Waals surface area contributed by atoms with Gasteiger partial charge in [0.1, 0.15) is 5.75 Å². The Morgan fingerprint density at radius 1 is 1.47 bits per heavy atom. The summed E-state index contributed by atoms with van der Waals surface area (Å²) in [6.07, 6.45) is 3.56. The molecule has 0 aromatic carbocycles. The molecule has 0 saturated heterocycles. The SMILES string of the molecule is CCNC(c1ccsc1)c1ccncc1OC. The molecule has 0 radical (unpaired) electrons. The maximum atomic E-state index is 5.37. The van der Waals surface area contributed by atoms with E-state index in [4.69, 9.17) is 4.74 Å². The Bertz CT molecular complexity index is 456. The lowest BCUT2D eigenvalue weighted by molar-refractivity contribution is 0.402. The van der Waals surface area contributed by atoms with E-state index in [9.17, 15) is 0 Å². The van der Waals surface area contributed by atoms with Gasteiger partial charge in [-0.3, -0.25) is 4.98 Å². The second-order valence-electron chi connectivity index (χ2n) is 3.66. The summed E-state index contributed by atoms with van der Waals surface area (Å²) in [7, 11) is 1.68. The molecule has 90 valence electrons. The molecular formula is C13H16N2OS. The lowest BCUT2D eigenvalue weighted by atomic mass is 10.0. The normalized spacial score (nSPS) is 12.4. The van der Waals surface area contributed by atoms with Gasteiger partial charge in [0, 0.05) is 11.8 Å². The quantitative estimate of drug-likeness (QED) is 0.883. The van der Waals surface area contributed by atoms with Crippen molar-refractivity contribution in [3.63, 3.8) is 0 Å². The van der Waals surface area contributed by atoms with Crippen LogP contribution in [0.25, 0.3) is 0 Å². The summed E-state index contributed by atoms with van der Waals surface area (Å²) in [6.45, 7) is 3.01. The van der Waals surface area contributed by atoms with Gasteiger partial charge in [0.15, 0.2) is 0 Å². The number of hydrogen-bond acceptors (Lipinski definition) is 4. The molecule has 2 rings (SSSR count). The van der Waals surface area contributed by atoms with Crippen LogP contribution in [0.15, 0.2) is 35.3 Å². The first-order valence-corrected chi connectivity index (χ1v) is 6.54. The molecule has 2 heterocycles. The molecule has 1 atom stereocenters. The number of methoxy groups -OCH3 is 1. The van der Waals surface area contributed by atoms with E-state index >= 15 is 0 Å². The Morgan fingerprint density at radius 2 is 2.35 bits per heavy atom. The van der Waals surface area contributed by atoms with Gasteiger partial charge >= 0.3 is 0 Å². The predicted octanol–water partition coefficient (Wildman–Crippen LogP) is 2.85. The zero-order chi connectivity index (χ0) is 12.1. The van der Waals surface area contributed by atoms with E-state index in [0.717, 1.165) is 17.9 Å². The van der Waals surface area contributed by atoms with Crippen LogP contribution in [0.2, 0.25) is 0 Å². The fourth-order valence-corrected chi connectivity index (χ4v) is 2.54. The van der Waals surface area contributed by atoms with Gasteiger partial charge in [-0.05, 0) is 35.0 Å². The van der Waals surface area contributed by atoms with Crippen LogP contribution in [0.5, 0.6) is 5.75 Å². The molecular weight excluding hydrogens is 232 g/mol. The van der Waals surface area contributed by atoms with Crippen LogP contribution in [0.3, 0.4) is 0 Å². The molecule has 0 amide bonds. The first-order valence-electron chi connectivity index (χ1n) is 5.60. The highest BCUT2D eigenvalue weighted by atomic mass is 32.1. The number of thiophene rings is 1. The molecule has 0 aliphatic rings. The van der Waals surface area contributed by atoms with Crippen LogP contribution in [-0.2, 0) is 0 Å². The van der Waals surface area contributed by atoms with Gasteiger partial charge in [0.25, 0.3) is 0 Å². The maximum absolute atomic E-state index is 5.37. The molecule has 4 heteroatoms.